The highest BCUT2D eigenvalue weighted by Crippen LogP contribution is 2.33. The van der Waals surface area contributed by atoms with Crippen LogP contribution in [0.1, 0.15) is 30.4 Å². The summed E-state index contributed by atoms with van der Waals surface area (Å²) < 4.78 is 6.28. The van der Waals surface area contributed by atoms with Crippen molar-refractivity contribution in [3.05, 3.63) is 90.5 Å². The molecule has 6 rings (SSSR count). The molecule has 0 radical (unpaired) electrons. The summed E-state index contributed by atoms with van der Waals surface area (Å²) in [6.45, 7) is 5.16. The number of hydrogen-bond acceptors (Lipinski definition) is 6. The normalized spacial score (nSPS) is 13.7. The topological polar surface area (TPSA) is 63.2 Å². The lowest BCUT2D eigenvalue weighted by Gasteiger charge is -2.23. The van der Waals surface area contributed by atoms with Crippen LogP contribution >= 0.6 is 0 Å². The van der Waals surface area contributed by atoms with Crippen LogP contribution in [0.3, 0.4) is 0 Å². The van der Waals surface area contributed by atoms with E-state index in [4.69, 9.17) is 4.74 Å². The molecule has 1 fully saturated rings. The van der Waals surface area contributed by atoms with Gasteiger partial charge < -0.3 is 10.1 Å². The number of aromatic nitrogens is 3. The van der Waals surface area contributed by atoms with Crippen molar-refractivity contribution in [3.8, 4) is 23.3 Å². The molecule has 0 spiro atoms. The Kier molecular flexibility index (Phi) is 6.84. The molecule has 0 bridgehead atoms. The first kappa shape index (κ1) is 23.9. The third kappa shape index (κ3) is 5.29. The third-order valence-electron chi connectivity index (χ3n) is 6.92. The summed E-state index contributed by atoms with van der Waals surface area (Å²) in [5, 5.41) is 6.50. The van der Waals surface area contributed by atoms with Gasteiger partial charge in [-0.1, -0.05) is 30.4 Å². The van der Waals surface area contributed by atoms with Crippen molar-refractivity contribution in [2.45, 2.75) is 26.2 Å². The lowest BCUT2D eigenvalue weighted by atomic mass is 10.1. The second-order valence-electron chi connectivity index (χ2n) is 9.65. The fraction of sp³-hybridized carbons (Fsp3) is 0.219. The van der Waals surface area contributed by atoms with E-state index in [2.05, 4.69) is 55.2 Å². The van der Waals surface area contributed by atoms with Gasteiger partial charge >= 0.3 is 0 Å². The quantitative estimate of drug-likeness (QED) is 0.267. The van der Waals surface area contributed by atoms with Crippen molar-refractivity contribution in [1.82, 2.24) is 19.9 Å². The second kappa shape index (κ2) is 10.9. The van der Waals surface area contributed by atoms with Crippen molar-refractivity contribution >= 4 is 33.2 Å². The van der Waals surface area contributed by atoms with Gasteiger partial charge in [0.25, 0.3) is 0 Å². The molecule has 0 atom stereocenters. The number of pyridine rings is 1. The molecule has 1 saturated heterocycles. The van der Waals surface area contributed by atoms with Crippen LogP contribution in [-0.2, 0) is 0 Å². The Bertz CT molecular complexity index is 1660. The average molecular weight is 500 g/mol. The predicted octanol–water partition coefficient (Wildman–Crippen LogP) is 6.86. The van der Waals surface area contributed by atoms with E-state index in [-0.39, 0.29) is 0 Å². The zero-order chi connectivity index (χ0) is 25.7. The molecule has 5 aromatic rings. The van der Waals surface area contributed by atoms with Gasteiger partial charge in [-0.05, 0) is 92.3 Å². The number of nitrogens with one attached hydrogen (secondary N) is 1. The molecule has 1 N–H and O–H groups in total. The van der Waals surface area contributed by atoms with Crippen LogP contribution < -0.4 is 10.1 Å². The zero-order valence-electron chi connectivity index (χ0n) is 21.4. The average Bonchev–Trinajstić information content (AvgIpc) is 2.95. The van der Waals surface area contributed by atoms with E-state index < -0.39 is 0 Å². The molecule has 38 heavy (non-hydrogen) atoms. The van der Waals surface area contributed by atoms with E-state index in [1.54, 1.807) is 12.5 Å². The highest BCUT2D eigenvalue weighted by Gasteiger charge is 2.10. The van der Waals surface area contributed by atoms with E-state index in [1.165, 1.54) is 19.3 Å². The van der Waals surface area contributed by atoms with E-state index >= 15 is 0 Å². The summed E-state index contributed by atoms with van der Waals surface area (Å²) >= 11 is 0. The van der Waals surface area contributed by atoms with Gasteiger partial charge in [-0.25, -0.2) is 9.97 Å². The molecule has 1 aliphatic rings. The minimum atomic E-state index is 0.753. The van der Waals surface area contributed by atoms with E-state index in [9.17, 15) is 0 Å². The summed E-state index contributed by atoms with van der Waals surface area (Å²) in [4.78, 5) is 15.7. The number of ether oxygens (including phenoxy) is 1. The number of piperidine rings is 1. The molecule has 0 aliphatic carbocycles. The molecule has 0 saturated carbocycles. The van der Waals surface area contributed by atoms with Gasteiger partial charge in [0, 0.05) is 34.4 Å². The first-order valence-electron chi connectivity index (χ1n) is 13.1. The highest BCUT2D eigenvalue weighted by atomic mass is 16.5. The number of nitrogens with zero attached hydrogens (tertiary/aromatic N) is 4. The number of benzene rings is 3. The lowest BCUT2D eigenvalue weighted by Crippen LogP contribution is -2.29. The van der Waals surface area contributed by atoms with Crippen molar-refractivity contribution < 1.29 is 4.74 Å². The van der Waals surface area contributed by atoms with Crippen molar-refractivity contribution in [2.75, 3.05) is 25.0 Å². The molecule has 0 unspecified atom stereocenters. The highest BCUT2D eigenvalue weighted by molar-refractivity contribution is 5.91. The SMILES string of the molecule is Cc1cc(Nc2ncnc3ccc(C#CCN4CCCCC4)cc23)ccc1Oc1cccc2ccncc12. The molecule has 3 heterocycles. The number of anilines is 2. The maximum Gasteiger partial charge on any atom is 0.141 e. The summed E-state index contributed by atoms with van der Waals surface area (Å²) in [6, 6.07) is 20.2. The molecule has 6 heteroatoms. The smallest absolute Gasteiger partial charge is 0.141 e. The Morgan fingerprint density at radius 1 is 0.921 bits per heavy atom. The maximum atomic E-state index is 6.28. The first-order chi connectivity index (χ1) is 18.7. The summed E-state index contributed by atoms with van der Waals surface area (Å²) in [5.74, 6) is 9.02. The van der Waals surface area contributed by atoms with Gasteiger partial charge in [0.05, 0.1) is 12.1 Å². The van der Waals surface area contributed by atoms with Crippen LogP contribution in [0.15, 0.2) is 79.4 Å². The summed E-state index contributed by atoms with van der Waals surface area (Å²) in [5.41, 5.74) is 3.79. The summed E-state index contributed by atoms with van der Waals surface area (Å²) in [6.07, 6.45) is 9.10. The Hall–Kier alpha value is -4.47. The Morgan fingerprint density at radius 3 is 2.74 bits per heavy atom. The monoisotopic (exact) mass is 499 g/mol. The Balaban J connectivity index is 1.22. The molecular formula is C32H29N5O. The molecule has 2 aromatic heterocycles. The van der Waals surface area contributed by atoms with Crippen LogP contribution in [0.2, 0.25) is 0 Å². The van der Waals surface area contributed by atoms with Crippen molar-refractivity contribution in [1.29, 1.82) is 0 Å². The van der Waals surface area contributed by atoms with Crippen molar-refractivity contribution in [3.63, 3.8) is 0 Å². The molecule has 6 nitrogen and oxygen atoms in total. The molecule has 188 valence electrons. The predicted molar refractivity (Wildman–Crippen MR) is 153 cm³/mol. The van der Waals surface area contributed by atoms with Crippen LogP contribution in [0.25, 0.3) is 21.7 Å². The molecule has 0 amide bonds. The fourth-order valence-corrected chi connectivity index (χ4v) is 4.88. The van der Waals surface area contributed by atoms with Gasteiger partial charge in [0.15, 0.2) is 0 Å². The third-order valence-corrected chi connectivity index (χ3v) is 6.92. The standard InChI is InChI=1S/C32H29N5O/c1-23-19-26(11-13-30(23)38-31-9-5-8-25-14-15-33-21-28(25)31)36-32-27-20-24(10-12-29(27)34-22-35-32)7-6-18-37-16-3-2-4-17-37/h5,8-15,19-22H,2-4,16-18H2,1H3,(H,34,35,36). The zero-order valence-corrected chi connectivity index (χ0v) is 21.4. The molecule has 1 aliphatic heterocycles. The maximum absolute atomic E-state index is 6.28. The van der Waals surface area contributed by atoms with Gasteiger partial charge in [0.1, 0.15) is 23.6 Å². The van der Waals surface area contributed by atoms with Crippen LogP contribution in [0, 0.1) is 18.8 Å². The number of fused-ring (bicyclic) bond motifs is 2. The van der Waals surface area contributed by atoms with E-state index in [0.717, 1.165) is 75.4 Å². The van der Waals surface area contributed by atoms with Gasteiger partial charge in [-0.2, -0.15) is 0 Å². The van der Waals surface area contributed by atoms with Gasteiger partial charge in [-0.3, -0.25) is 9.88 Å². The Labute approximate surface area is 222 Å². The molecular weight excluding hydrogens is 470 g/mol. The van der Waals surface area contributed by atoms with Gasteiger partial charge in [-0.15, -0.1) is 0 Å². The first-order valence-corrected chi connectivity index (χ1v) is 13.1. The number of rotatable bonds is 5. The molecule has 3 aromatic carbocycles. The van der Waals surface area contributed by atoms with Crippen LogP contribution in [0.4, 0.5) is 11.5 Å². The largest absolute Gasteiger partial charge is 0.456 e. The van der Waals surface area contributed by atoms with Crippen LogP contribution in [-0.4, -0.2) is 39.5 Å². The van der Waals surface area contributed by atoms with E-state index in [0.29, 0.717) is 0 Å². The second-order valence-corrected chi connectivity index (χ2v) is 9.65. The number of likely N-dealkylation sites (tertiary alicyclic amines) is 1. The number of aryl methyl sites for hydroxylation is 1. The fourth-order valence-electron chi connectivity index (χ4n) is 4.88. The van der Waals surface area contributed by atoms with Crippen LogP contribution in [0.5, 0.6) is 11.5 Å². The number of hydrogen-bond donors (Lipinski definition) is 1. The lowest BCUT2D eigenvalue weighted by molar-refractivity contribution is 0.255. The van der Waals surface area contributed by atoms with E-state index in [1.807, 2.05) is 55.6 Å². The van der Waals surface area contributed by atoms with Gasteiger partial charge in [0.2, 0.25) is 0 Å². The summed E-state index contributed by atoms with van der Waals surface area (Å²) in [7, 11) is 0. The minimum absolute atomic E-state index is 0.753. The minimum Gasteiger partial charge on any atom is -0.456 e. The van der Waals surface area contributed by atoms with Crippen molar-refractivity contribution in [2.24, 2.45) is 0 Å². The Morgan fingerprint density at radius 2 is 1.84 bits per heavy atom.